The van der Waals surface area contributed by atoms with Crippen LogP contribution in [0.25, 0.3) is 0 Å². The summed E-state index contributed by atoms with van der Waals surface area (Å²) in [5.41, 5.74) is 0. The average Bonchev–Trinajstić information content (AvgIpc) is 2.08. The summed E-state index contributed by atoms with van der Waals surface area (Å²) in [5, 5.41) is -1.99. The molecule has 15 heavy (non-hydrogen) atoms. The lowest BCUT2D eigenvalue weighted by Gasteiger charge is -2.18. The lowest BCUT2D eigenvalue weighted by atomic mass is 10.1. The Morgan fingerprint density at radius 3 is 2.27 bits per heavy atom. The molecule has 1 unspecified atom stereocenters. The number of rotatable bonds is 6. The highest BCUT2D eigenvalue weighted by molar-refractivity contribution is 8.14. The molecule has 0 aromatic heterocycles. The van der Waals surface area contributed by atoms with Crippen LogP contribution in [-0.2, 0) is 4.79 Å². The maximum atomic E-state index is 12.4. The molecule has 0 amide bonds. The molecule has 0 bridgehead atoms. The monoisotopic (exact) mass is 242 g/mol. The SMILES string of the molecule is CCCCCCC(SC(C)=O)C(F)(F)F. The van der Waals surface area contributed by atoms with Crippen molar-refractivity contribution in [3.63, 3.8) is 0 Å². The zero-order valence-electron chi connectivity index (χ0n) is 9.06. The fraction of sp³-hybridized carbons (Fsp3) is 0.900. The van der Waals surface area contributed by atoms with Crippen LogP contribution in [0.2, 0.25) is 0 Å². The van der Waals surface area contributed by atoms with E-state index in [1.165, 1.54) is 6.92 Å². The van der Waals surface area contributed by atoms with Gasteiger partial charge in [0.05, 0.1) is 0 Å². The van der Waals surface area contributed by atoms with Crippen LogP contribution in [-0.4, -0.2) is 16.5 Å². The van der Waals surface area contributed by atoms with Gasteiger partial charge in [-0.2, -0.15) is 13.2 Å². The molecule has 0 heterocycles. The first kappa shape index (κ1) is 14.8. The van der Waals surface area contributed by atoms with Crippen LogP contribution in [0.3, 0.4) is 0 Å². The molecule has 0 aromatic carbocycles. The minimum Gasteiger partial charge on any atom is -0.288 e. The Hall–Kier alpha value is -0.190. The first-order chi connectivity index (χ1) is 6.88. The number of unbranched alkanes of at least 4 members (excludes halogenated alkanes) is 3. The van der Waals surface area contributed by atoms with Gasteiger partial charge in [-0.1, -0.05) is 44.4 Å². The van der Waals surface area contributed by atoms with Gasteiger partial charge in [-0.15, -0.1) is 0 Å². The van der Waals surface area contributed by atoms with E-state index in [-0.39, 0.29) is 6.42 Å². The standard InChI is InChI=1S/C10H17F3OS/c1-3-4-5-6-7-9(10(11,12)13)15-8(2)14/h9H,3-7H2,1-2H3. The Morgan fingerprint density at radius 1 is 1.27 bits per heavy atom. The van der Waals surface area contributed by atoms with Crippen molar-refractivity contribution >= 4 is 16.9 Å². The van der Waals surface area contributed by atoms with Crippen molar-refractivity contribution in [1.29, 1.82) is 0 Å². The molecule has 0 fully saturated rings. The molecule has 0 aliphatic carbocycles. The fourth-order valence-electron chi connectivity index (χ4n) is 1.25. The van der Waals surface area contributed by atoms with E-state index >= 15 is 0 Å². The molecule has 0 aliphatic rings. The van der Waals surface area contributed by atoms with Crippen molar-refractivity contribution < 1.29 is 18.0 Å². The Kier molecular flexibility index (Phi) is 7.05. The van der Waals surface area contributed by atoms with E-state index in [9.17, 15) is 18.0 Å². The zero-order valence-corrected chi connectivity index (χ0v) is 9.88. The predicted molar refractivity (Wildman–Crippen MR) is 56.9 cm³/mol. The number of hydrogen-bond donors (Lipinski definition) is 0. The molecule has 0 aliphatic heterocycles. The van der Waals surface area contributed by atoms with Gasteiger partial charge in [0.2, 0.25) is 0 Å². The fourth-order valence-corrected chi connectivity index (χ4v) is 2.07. The summed E-state index contributed by atoms with van der Waals surface area (Å²) in [4.78, 5) is 10.7. The third-order valence-electron chi connectivity index (χ3n) is 1.99. The van der Waals surface area contributed by atoms with Gasteiger partial charge >= 0.3 is 6.18 Å². The smallest absolute Gasteiger partial charge is 0.288 e. The molecule has 0 N–H and O–H groups in total. The van der Waals surface area contributed by atoms with Crippen LogP contribution < -0.4 is 0 Å². The van der Waals surface area contributed by atoms with Crippen LogP contribution in [0.1, 0.15) is 46.0 Å². The van der Waals surface area contributed by atoms with Crippen molar-refractivity contribution in [1.82, 2.24) is 0 Å². The first-order valence-corrected chi connectivity index (χ1v) is 5.99. The molecule has 0 spiro atoms. The lowest BCUT2D eigenvalue weighted by molar-refractivity contribution is -0.131. The summed E-state index contributed by atoms with van der Waals surface area (Å²) in [7, 11) is 0. The minimum absolute atomic E-state index is 0.0494. The highest BCUT2D eigenvalue weighted by Crippen LogP contribution is 2.34. The van der Waals surface area contributed by atoms with Crippen LogP contribution in [0.5, 0.6) is 0 Å². The quantitative estimate of drug-likeness (QED) is 0.650. The number of hydrogen-bond acceptors (Lipinski definition) is 2. The highest BCUT2D eigenvalue weighted by Gasteiger charge is 2.40. The Labute approximate surface area is 92.8 Å². The maximum absolute atomic E-state index is 12.4. The normalized spacial score (nSPS) is 13.9. The molecule has 90 valence electrons. The van der Waals surface area contributed by atoms with Crippen molar-refractivity contribution in [3.05, 3.63) is 0 Å². The zero-order chi connectivity index (χ0) is 11.9. The molecular weight excluding hydrogens is 225 g/mol. The second-order valence-corrected chi connectivity index (χ2v) is 4.87. The summed E-state index contributed by atoms with van der Waals surface area (Å²) < 4.78 is 37.2. The van der Waals surface area contributed by atoms with Crippen molar-refractivity contribution in [2.75, 3.05) is 0 Å². The number of carbonyl (C=O) groups excluding carboxylic acids is 1. The van der Waals surface area contributed by atoms with Crippen molar-refractivity contribution in [3.8, 4) is 0 Å². The van der Waals surface area contributed by atoms with Gasteiger partial charge in [-0.3, -0.25) is 4.79 Å². The Morgan fingerprint density at radius 2 is 1.87 bits per heavy atom. The number of thioether (sulfide) groups is 1. The predicted octanol–water partition coefficient (Wildman–Crippen LogP) is 4.17. The molecule has 0 radical (unpaired) electrons. The van der Waals surface area contributed by atoms with E-state index < -0.39 is 16.5 Å². The third kappa shape index (κ3) is 7.71. The second kappa shape index (κ2) is 7.14. The summed E-state index contributed by atoms with van der Waals surface area (Å²) in [6.07, 6.45) is -0.915. The van der Waals surface area contributed by atoms with Gasteiger partial charge in [0, 0.05) is 6.92 Å². The number of carbonyl (C=O) groups is 1. The van der Waals surface area contributed by atoms with Gasteiger partial charge in [0.1, 0.15) is 5.25 Å². The van der Waals surface area contributed by atoms with Crippen LogP contribution >= 0.6 is 11.8 Å². The number of halogens is 3. The van der Waals surface area contributed by atoms with Gasteiger partial charge < -0.3 is 0 Å². The summed E-state index contributed by atoms with van der Waals surface area (Å²) in [5.74, 6) is 0. The first-order valence-electron chi connectivity index (χ1n) is 5.11. The second-order valence-electron chi connectivity index (χ2n) is 3.49. The van der Waals surface area contributed by atoms with E-state index in [0.29, 0.717) is 18.2 Å². The summed E-state index contributed by atoms with van der Waals surface area (Å²) in [6.45, 7) is 3.18. The van der Waals surface area contributed by atoms with Crippen LogP contribution in [0.15, 0.2) is 0 Å². The molecular formula is C10H17F3OS. The molecule has 0 saturated carbocycles. The maximum Gasteiger partial charge on any atom is 0.401 e. The van der Waals surface area contributed by atoms with E-state index in [4.69, 9.17) is 0 Å². The van der Waals surface area contributed by atoms with Gasteiger partial charge in [-0.25, -0.2) is 0 Å². The molecule has 1 atom stereocenters. The molecule has 0 aromatic rings. The Balaban J connectivity index is 3.97. The highest BCUT2D eigenvalue weighted by atomic mass is 32.2. The minimum atomic E-state index is -4.26. The lowest BCUT2D eigenvalue weighted by Crippen LogP contribution is -2.26. The van der Waals surface area contributed by atoms with E-state index in [1.54, 1.807) is 0 Å². The largest absolute Gasteiger partial charge is 0.401 e. The van der Waals surface area contributed by atoms with Gasteiger partial charge in [-0.05, 0) is 6.42 Å². The molecule has 5 heteroatoms. The third-order valence-corrected chi connectivity index (χ3v) is 3.11. The summed E-state index contributed by atoms with van der Waals surface area (Å²) in [6, 6.07) is 0. The van der Waals surface area contributed by atoms with Crippen molar-refractivity contribution in [2.24, 2.45) is 0 Å². The van der Waals surface area contributed by atoms with Crippen LogP contribution in [0.4, 0.5) is 13.2 Å². The molecule has 0 rings (SSSR count). The summed E-state index contributed by atoms with van der Waals surface area (Å²) >= 11 is 0.401. The van der Waals surface area contributed by atoms with Gasteiger partial charge in [0.15, 0.2) is 5.12 Å². The average molecular weight is 242 g/mol. The van der Waals surface area contributed by atoms with E-state index in [0.717, 1.165) is 19.3 Å². The molecule has 0 saturated heterocycles. The van der Waals surface area contributed by atoms with E-state index in [1.807, 2.05) is 6.92 Å². The van der Waals surface area contributed by atoms with Crippen molar-refractivity contribution in [2.45, 2.75) is 57.4 Å². The van der Waals surface area contributed by atoms with Gasteiger partial charge in [0.25, 0.3) is 0 Å². The molecule has 1 nitrogen and oxygen atoms in total. The van der Waals surface area contributed by atoms with E-state index in [2.05, 4.69) is 0 Å². The number of alkyl halides is 3. The topological polar surface area (TPSA) is 17.1 Å². The Bertz CT molecular complexity index is 192. The van der Waals surface area contributed by atoms with Crippen LogP contribution in [0, 0.1) is 0 Å².